The van der Waals surface area contributed by atoms with Crippen molar-refractivity contribution in [3.63, 3.8) is 0 Å². The van der Waals surface area contributed by atoms with Crippen LogP contribution < -0.4 is 0 Å². The minimum absolute atomic E-state index is 0.113. The molecule has 0 saturated carbocycles. The van der Waals surface area contributed by atoms with E-state index < -0.39 is 5.97 Å². The van der Waals surface area contributed by atoms with Crippen LogP contribution in [0.2, 0.25) is 0 Å². The van der Waals surface area contributed by atoms with Crippen LogP contribution in [-0.2, 0) is 0 Å². The molecule has 21 heavy (non-hydrogen) atoms. The number of aromatic nitrogens is 1. The fraction of sp³-hybridized carbons (Fsp3) is 0.0588. The number of benzene rings is 2. The third kappa shape index (κ3) is 2.43. The van der Waals surface area contributed by atoms with Gasteiger partial charge in [-0.3, -0.25) is 0 Å². The molecule has 2 aromatic carbocycles. The topological polar surface area (TPSA) is 63.3 Å². The van der Waals surface area contributed by atoms with Crippen LogP contribution in [0.5, 0.6) is 0 Å². The second-order valence-electron chi connectivity index (χ2n) is 4.71. The summed E-state index contributed by atoms with van der Waals surface area (Å²) in [6.45, 7) is 1.60. The minimum atomic E-state index is -1.03. The van der Waals surface area contributed by atoms with Crippen LogP contribution in [-0.4, -0.2) is 16.2 Å². The standard InChI is InChI=1S/C17H13NO3/c1-11-15(17(19)20)16(18-21-11)14-9-7-13(8-10-14)12-5-3-2-4-6-12/h2-10H,1H3,(H,19,20). The van der Waals surface area contributed by atoms with Gasteiger partial charge in [-0.2, -0.15) is 0 Å². The summed E-state index contributed by atoms with van der Waals surface area (Å²) in [6, 6.07) is 17.6. The summed E-state index contributed by atoms with van der Waals surface area (Å²) in [6.07, 6.45) is 0. The van der Waals surface area contributed by atoms with Gasteiger partial charge < -0.3 is 9.63 Å². The summed E-state index contributed by atoms with van der Waals surface area (Å²) < 4.78 is 5.00. The number of rotatable bonds is 3. The number of hydrogen-bond donors (Lipinski definition) is 1. The predicted octanol–water partition coefficient (Wildman–Crippen LogP) is 4.02. The van der Waals surface area contributed by atoms with Gasteiger partial charge in [-0.1, -0.05) is 59.8 Å². The second kappa shape index (κ2) is 5.25. The highest BCUT2D eigenvalue weighted by Gasteiger charge is 2.20. The molecule has 104 valence electrons. The number of carboxylic acids is 1. The molecule has 1 N–H and O–H groups in total. The fourth-order valence-electron chi connectivity index (χ4n) is 2.27. The first-order valence-electron chi connectivity index (χ1n) is 6.52. The van der Waals surface area contributed by atoms with E-state index in [1.54, 1.807) is 6.92 Å². The molecule has 1 heterocycles. The van der Waals surface area contributed by atoms with Gasteiger partial charge in [-0.05, 0) is 18.1 Å². The van der Waals surface area contributed by atoms with Crippen molar-refractivity contribution in [2.24, 2.45) is 0 Å². The lowest BCUT2D eigenvalue weighted by molar-refractivity contribution is 0.0696. The lowest BCUT2D eigenvalue weighted by Gasteiger charge is -2.03. The van der Waals surface area contributed by atoms with Crippen LogP contribution >= 0.6 is 0 Å². The van der Waals surface area contributed by atoms with Crippen LogP contribution in [0.15, 0.2) is 59.1 Å². The summed E-state index contributed by atoms with van der Waals surface area (Å²) in [5, 5.41) is 13.1. The number of carboxylic acid groups (broad SMARTS) is 1. The first-order chi connectivity index (χ1) is 10.2. The van der Waals surface area contributed by atoms with Crippen molar-refractivity contribution in [2.45, 2.75) is 6.92 Å². The third-order valence-corrected chi connectivity index (χ3v) is 3.34. The zero-order valence-corrected chi connectivity index (χ0v) is 11.4. The van der Waals surface area contributed by atoms with E-state index in [1.165, 1.54) is 0 Å². The fourth-order valence-corrected chi connectivity index (χ4v) is 2.27. The van der Waals surface area contributed by atoms with Crippen molar-refractivity contribution < 1.29 is 14.4 Å². The maximum Gasteiger partial charge on any atom is 0.341 e. The zero-order valence-electron chi connectivity index (χ0n) is 11.4. The molecule has 0 aliphatic carbocycles. The lowest BCUT2D eigenvalue weighted by atomic mass is 10.0. The van der Waals surface area contributed by atoms with Gasteiger partial charge in [0.25, 0.3) is 0 Å². The number of hydrogen-bond acceptors (Lipinski definition) is 3. The van der Waals surface area contributed by atoms with Crippen molar-refractivity contribution in [1.82, 2.24) is 5.16 Å². The van der Waals surface area contributed by atoms with Crippen LogP contribution in [0.25, 0.3) is 22.4 Å². The average molecular weight is 279 g/mol. The number of carbonyl (C=O) groups is 1. The van der Waals surface area contributed by atoms with E-state index in [9.17, 15) is 9.90 Å². The quantitative estimate of drug-likeness (QED) is 0.786. The summed E-state index contributed by atoms with van der Waals surface area (Å²) in [5.41, 5.74) is 3.38. The van der Waals surface area contributed by atoms with Gasteiger partial charge in [0, 0.05) is 5.56 Å². The molecule has 0 atom stereocenters. The van der Waals surface area contributed by atoms with Gasteiger partial charge in [0.2, 0.25) is 0 Å². The zero-order chi connectivity index (χ0) is 14.8. The molecule has 4 heteroatoms. The van der Waals surface area contributed by atoms with Gasteiger partial charge in [-0.15, -0.1) is 0 Å². The molecule has 3 aromatic rings. The Morgan fingerprint density at radius 1 is 0.952 bits per heavy atom. The Morgan fingerprint density at radius 2 is 1.52 bits per heavy atom. The maximum atomic E-state index is 11.3. The Labute approximate surface area is 121 Å². The van der Waals surface area contributed by atoms with Crippen LogP contribution in [0.4, 0.5) is 0 Å². The smallest absolute Gasteiger partial charge is 0.341 e. The Balaban J connectivity index is 2.01. The molecular weight excluding hydrogens is 266 g/mol. The highest BCUT2D eigenvalue weighted by atomic mass is 16.5. The molecule has 0 radical (unpaired) electrons. The maximum absolute atomic E-state index is 11.3. The monoisotopic (exact) mass is 279 g/mol. The first-order valence-corrected chi connectivity index (χ1v) is 6.52. The average Bonchev–Trinajstić information content (AvgIpc) is 2.90. The van der Waals surface area contributed by atoms with E-state index in [-0.39, 0.29) is 5.56 Å². The van der Waals surface area contributed by atoms with Crippen molar-refractivity contribution in [2.75, 3.05) is 0 Å². The van der Waals surface area contributed by atoms with E-state index >= 15 is 0 Å². The van der Waals surface area contributed by atoms with Gasteiger partial charge >= 0.3 is 5.97 Å². The highest BCUT2D eigenvalue weighted by Crippen LogP contribution is 2.27. The SMILES string of the molecule is Cc1onc(-c2ccc(-c3ccccc3)cc2)c1C(=O)O. The molecule has 0 amide bonds. The Hall–Kier alpha value is -2.88. The van der Waals surface area contributed by atoms with Crippen molar-refractivity contribution in [3.05, 3.63) is 65.9 Å². The molecule has 0 aliphatic rings. The van der Waals surface area contributed by atoms with E-state index in [2.05, 4.69) is 5.16 Å². The molecule has 0 spiro atoms. The largest absolute Gasteiger partial charge is 0.477 e. The third-order valence-electron chi connectivity index (χ3n) is 3.34. The molecule has 0 unspecified atom stereocenters. The van der Waals surface area contributed by atoms with Gasteiger partial charge in [0.05, 0.1) is 0 Å². The van der Waals surface area contributed by atoms with Crippen LogP contribution in [0.1, 0.15) is 16.1 Å². The van der Waals surface area contributed by atoms with E-state index in [0.717, 1.165) is 16.7 Å². The first kappa shape index (κ1) is 13.1. The summed E-state index contributed by atoms with van der Waals surface area (Å²) in [5.74, 6) is -0.722. The molecule has 0 fully saturated rings. The molecule has 0 aliphatic heterocycles. The lowest BCUT2D eigenvalue weighted by Crippen LogP contribution is -1.99. The minimum Gasteiger partial charge on any atom is -0.477 e. The number of nitrogens with zero attached hydrogens (tertiary/aromatic N) is 1. The van der Waals surface area contributed by atoms with E-state index in [0.29, 0.717) is 11.5 Å². The number of aromatic carboxylic acids is 1. The van der Waals surface area contributed by atoms with Crippen LogP contribution in [0, 0.1) is 6.92 Å². The molecule has 3 rings (SSSR count). The van der Waals surface area contributed by atoms with Crippen molar-refractivity contribution >= 4 is 5.97 Å². The van der Waals surface area contributed by atoms with Crippen molar-refractivity contribution in [3.8, 4) is 22.4 Å². The summed E-state index contributed by atoms with van der Waals surface area (Å²) in [4.78, 5) is 11.3. The Morgan fingerprint density at radius 3 is 2.14 bits per heavy atom. The van der Waals surface area contributed by atoms with E-state index in [4.69, 9.17) is 4.52 Å². The number of aryl methyl sites for hydroxylation is 1. The predicted molar refractivity (Wildman–Crippen MR) is 79.1 cm³/mol. The van der Waals surface area contributed by atoms with Gasteiger partial charge in [0.15, 0.2) is 0 Å². The van der Waals surface area contributed by atoms with Crippen molar-refractivity contribution in [1.29, 1.82) is 0 Å². The molecule has 4 nitrogen and oxygen atoms in total. The van der Waals surface area contributed by atoms with E-state index in [1.807, 2.05) is 54.6 Å². The summed E-state index contributed by atoms with van der Waals surface area (Å²) in [7, 11) is 0. The second-order valence-corrected chi connectivity index (χ2v) is 4.71. The molecular formula is C17H13NO3. The normalized spacial score (nSPS) is 10.5. The highest BCUT2D eigenvalue weighted by molar-refractivity contribution is 5.95. The molecule has 0 saturated heterocycles. The molecule has 1 aromatic heterocycles. The summed E-state index contributed by atoms with van der Waals surface area (Å²) >= 11 is 0. The Bertz CT molecular complexity index is 774. The van der Waals surface area contributed by atoms with Crippen LogP contribution in [0.3, 0.4) is 0 Å². The molecule has 0 bridgehead atoms. The Kier molecular flexibility index (Phi) is 3.28. The van der Waals surface area contributed by atoms with Gasteiger partial charge in [-0.25, -0.2) is 4.79 Å². The van der Waals surface area contributed by atoms with Gasteiger partial charge in [0.1, 0.15) is 17.0 Å².